The van der Waals surface area contributed by atoms with Crippen molar-refractivity contribution in [2.24, 2.45) is 5.92 Å². The molecule has 3 heteroatoms. The molecule has 0 aromatic rings. The lowest BCUT2D eigenvalue weighted by Gasteiger charge is -2.13. The Morgan fingerprint density at radius 2 is 2.55 bits per heavy atom. The third-order valence-electron chi connectivity index (χ3n) is 2.15. The molecule has 0 spiro atoms. The van der Waals surface area contributed by atoms with Gasteiger partial charge in [-0.05, 0) is 43.9 Å². The van der Waals surface area contributed by atoms with Crippen LogP contribution < -0.4 is 5.32 Å². The van der Waals surface area contributed by atoms with Crippen molar-refractivity contribution in [1.29, 1.82) is 0 Å². The van der Waals surface area contributed by atoms with E-state index >= 15 is 0 Å². The van der Waals surface area contributed by atoms with Gasteiger partial charge in [-0.1, -0.05) is 0 Å². The van der Waals surface area contributed by atoms with E-state index in [0.29, 0.717) is 12.3 Å². The third-order valence-corrected chi connectivity index (χ3v) is 3.33. The number of hydrogen-bond acceptors (Lipinski definition) is 2. The molecule has 1 aliphatic heterocycles. The Balaban J connectivity index is 2.12. The number of thioether (sulfide) groups is 1. The number of nitrogens with one attached hydrogen (secondary N) is 1. The minimum Gasteiger partial charge on any atom is -0.320 e. The van der Waals surface area contributed by atoms with Gasteiger partial charge >= 0.3 is 0 Å². The highest BCUT2D eigenvalue weighted by Crippen LogP contribution is 2.28. The summed E-state index contributed by atoms with van der Waals surface area (Å²) in [5.41, 5.74) is 0. The fraction of sp³-hybridized carbons (Fsp3) is 1.00. The predicted molar refractivity (Wildman–Crippen MR) is 48.9 cm³/mol. The van der Waals surface area contributed by atoms with Gasteiger partial charge in [-0.3, -0.25) is 0 Å². The van der Waals surface area contributed by atoms with Crippen molar-refractivity contribution in [3.63, 3.8) is 0 Å². The van der Waals surface area contributed by atoms with Crippen molar-refractivity contribution in [2.75, 3.05) is 25.1 Å². The maximum absolute atomic E-state index is 13.2. The normalized spacial score (nSPS) is 27.3. The van der Waals surface area contributed by atoms with Crippen LogP contribution in [-0.2, 0) is 0 Å². The minimum absolute atomic E-state index is 0.341. The van der Waals surface area contributed by atoms with Gasteiger partial charge in [0, 0.05) is 0 Å². The zero-order chi connectivity index (χ0) is 8.10. The summed E-state index contributed by atoms with van der Waals surface area (Å²) in [4.78, 5) is 0. The second kappa shape index (κ2) is 4.99. The molecule has 1 nitrogen and oxygen atoms in total. The van der Waals surface area contributed by atoms with Crippen LogP contribution in [0, 0.1) is 5.92 Å². The molecule has 1 N–H and O–H groups in total. The van der Waals surface area contributed by atoms with E-state index in [0.717, 1.165) is 24.5 Å². The van der Waals surface area contributed by atoms with E-state index < -0.39 is 6.17 Å². The molecule has 0 aliphatic carbocycles. The molecule has 2 unspecified atom stereocenters. The van der Waals surface area contributed by atoms with Crippen molar-refractivity contribution in [3.05, 3.63) is 0 Å². The lowest BCUT2D eigenvalue weighted by molar-refractivity contribution is 0.231. The van der Waals surface area contributed by atoms with Gasteiger partial charge in [0.05, 0.1) is 0 Å². The summed E-state index contributed by atoms with van der Waals surface area (Å²) in [6.07, 6.45) is 1.19. The second-order valence-corrected chi connectivity index (χ2v) is 4.18. The fourth-order valence-electron chi connectivity index (χ4n) is 1.36. The minimum atomic E-state index is -0.572. The van der Waals surface area contributed by atoms with Crippen LogP contribution in [0.15, 0.2) is 0 Å². The van der Waals surface area contributed by atoms with Gasteiger partial charge in [-0.15, -0.1) is 0 Å². The average molecular weight is 177 g/mol. The molecular weight excluding hydrogens is 161 g/mol. The van der Waals surface area contributed by atoms with Gasteiger partial charge < -0.3 is 5.32 Å². The Bertz CT molecular complexity index is 104. The number of halogens is 1. The van der Waals surface area contributed by atoms with E-state index in [9.17, 15) is 4.39 Å². The molecule has 0 aromatic heterocycles. The second-order valence-electron chi connectivity index (χ2n) is 3.03. The highest BCUT2D eigenvalue weighted by Gasteiger charge is 2.24. The first-order valence-electron chi connectivity index (χ1n) is 4.21. The zero-order valence-electron chi connectivity index (χ0n) is 6.98. The Kier molecular flexibility index (Phi) is 4.23. The lowest BCUT2D eigenvalue weighted by atomic mass is 10.0. The summed E-state index contributed by atoms with van der Waals surface area (Å²) in [7, 11) is 1.87. The van der Waals surface area contributed by atoms with Crippen LogP contribution in [-0.4, -0.2) is 31.3 Å². The molecule has 66 valence electrons. The molecule has 0 bridgehead atoms. The van der Waals surface area contributed by atoms with Crippen molar-refractivity contribution in [3.8, 4) is 0 Å². The molecule has 1 heterocycles. The summed E-state index contributed by atoms with van der Waals surface area (Å²) in [6.45, 7) is 0.808. The van der Waals surface area contributed by atoms with Crippen LogP contribution in [0.1, 0.15) is 12.8 Å². The average Bonchev–Trinajstić information content (AvgIpc) is 2.52. The van der Waals surface area contributed by atoms with E-state index in [4.69, 9.17) is 0 Å². The van der Waals surface area contributed by atoms with Crippen LogP contribution >= 0.6 is 11.8 Å². The van der Waals surface area contributed by atoms with E-state index in [-0.39, 0.29) is 0 Å². The molecule has 0 amide bonds. The SMILES string of the molecule is CNCCC(F)C1CCSC1. The largest absolute Gasteiger partial charge is 0.320 e. The number of hydrogen-bond donors (Lipinski definition) is 1. The van der Waals surface area contributed by atoms with Gasteiger partial charge in [0.15, 0.2) is 0 Å². The van der Waals surface area contributed by atoms with Crippen molar-refractivity contribution < 1.29 is 4.39 Å². The van der Waals surface area contributed by atoms with Crippen molar-refractivity contribution in [2.45, 2.75) is 19.0 Å². The Morgan fingerprint density at radius 3 is 3.09 bits per heavy atom. The Labute approximate surface area is 72.1 Å². The van der Waals surface area contributed by atoms with Crippen molar-refractivity contribution >= 4 is 11.8 Å². The van der Waals surface area contributed by atoms with Gasteiger partial charge in [0.2, 0.25) is 0 Å². The Morgan fingerprint density at radius 1 is 1.73 bits per heavy atom. The molecule has 1 fully saturated rings. The fourth-order valence-corrected chi connectivity index (χ4v) is 2.67. The molecule has 0 radical (unpaired) electrons. The van der Waals surface area contributed by atoms with Gasteiger partial charge in [-0.2, -0.15) is 11.8 Å². The highest BCUT2D eigenvalue weighted by atomic mass is 32.2. The van der Waals surface area contributed by atoms with Gasteiger partial charge in [0.25, 0.3) is 0 Å². The molecule has 0 aromatic carbocycles. The molecule has 2 atom stereocenters. The lowest BCUT2D eigenvalue weighted by Crippen LogP contribution is -2.21. The first-order valence-corrected chi connectivity index (χ1v) is 5.36. The number of alkyl halides is 1. The van der Waals surface area contributed by atoms with Gasteiger partial charge in [0.1, 0.15) is 6.17 Å². The zero-order valence-corrected chi connectivity index (χ0v) is 7.79. The molecular formula is C8H16FNS. The molecule has 1 rings (SSSR count). The number of rotatable bonds is 4. The smallest absolute Gasteiger partial charge is 0.105 e. The van der Waals surface area contributed by atoms with Crippen molar-refractivity contribution in [1.82, 2.24) is 5.32 Å². The predicted octanol–water partition coefficient (Wildman–Crippen LogP) is 1.69. The van der Waals surface area contributed by atoms with E-state index in [2.05, 4.69) is 5.32 Å². The monoisotopic (exact) mass is 177 g/mol. The van der Waals surface area contributed by atoms with Crippen LogP contribution in [0.4, 0.5) is 4.39 Å². The van der Waals surface area contributed by atoms with Crippen LogP contribution in [0.3, 0.4) is 0 Å². The van der Waals surface area contributed by atoms with E-state index in [1.165, 1.54) is 0 Å². The standard InChI is InChI=1S/C8H16FNS/c1-10-4-2-8(9)7-3-5-11-6-7/h7-8,10H,2-6H2,1H3. The highest BCUT2D eigenvalue weighted by molar-refractivity contribution is 7.99. The maximum atomic E-state index is 13.2. The van der Waals surface area contributed by atoms with E-state index in [1.54, 1.807) is 0 Å². The van der Waals surface area contributed by atoms with Crippen LogP contribution in [0.2, 0.25) is 0 Å². The summed E-state index contributed by atoms with van der Waals surface area (Å²) >= 11 is 1.88. The van der Waals surface area contributed by atoms with E-state index in [1.807, 2.05) is 18.8 Å². The molecule has 0 saturated carbocycles. The maximum Gasteiger partial charge on any atom is 0.105 e. The van der Waals surface area contributed by atoms with Gasteiger partial charge in [-0.25, -0.2) is 4.39 Å². The summed E-state index contributed by atoms with van der Waals surface area (Å²) < 4.78 is 13.2. The van der Waals surface area contributed by atoms with Crippen LogP contribution in [0.25, 0.3) is 0 Å². The Hall–Kier alpha value is 0.240. The van der Waals surface area contributed by atoms with Crippen LogP contribution in [0.5, 0.6) is 0 Å². The quantitative estimate of drug-likeness (QED) is 0.701. The summed E-state index contributed by atoms with van der Waals surface area (Å²) in [5.74, 6) is 2.53. The first kappa shape index (κ1) is 9.33. The first-order chi connectivity index (χ1) is 5.34. The molecule has 11 heavy (non-hydrogen) atoms. The summed E-state index contributed by atoms with van der Waals surface area (Å²) in [5, 5.41) is 2.98. The summed E-state index contributed by atoms with van der Waals surface area (Å²) in [6, 6.07) is 0. The molecule has 1 saturated heterocycles. The molecule has 1 aliphatic rings. The topological polar surface area (TPSA) is 12.0 Å². The third kappa shape index (κ3) is 2.99.